The largest absolute Gasteiger partial charge is 0.375 e. The van der Waals surface area contributed by atoms with E-state index in [4.69, 9.17) is 4.74 Å². The predicted octanol–water partition coefficient (Wildman–Crippen LogP) is 2.63. The number of amides is 2. The lowest BCUT2D eigenvalue weighted by Gasteiger charge is -2.29. The number of nitrogens with one attached hydrogen (secondary N) is 2. The van der Waals surface area contributed by atoms with Crippen LogP contribution in [0.3, 0.4) is 0 Å². The fourth-order valence-electron chi connectivity index (χ4n) is 3.68. The number of hydrogen-bond acceptors (Lipinski definition) is 4. The molecule has 0 saturated carbocycles. The van der Waals surface area contributed by atoms with Crippen LogP contribution in [0.1, 0.15) is 22.8 Å². The van der Waals surface area contributed by atoms with Crippen LogP contribution in [0, 0.1) is 0 Å². The summed E-state index contributed by atoms with van der Waals surface area (Å²) in [6.07, 6.45) is 0.675. The van der Waals surface area contributed by atoms with Gasteiger partial charge in [0.15, 0.2) is 0 Å². The van der Waals surface area contributed by atoms with Gasteiger partial charge >= 0.3 is 0 Å². The summed E-state index contributed by atoms with van der Waals surface area (Å²) in [7, 11) is 0. The molecule has 2 atom stereocenters. The van der Waals surface area contributed by atoms with Gasteiger partial charge in [0.2, 0.25) is 5.91 Å². The zero-order valence-electron chi connectivity index (χ0n) is 15.7. The van der Waals surface area contributed by atoms with Crippen LogP contribution in [0.4, 0.5) is 11.4 Å². The summed E-state index contributed by atoms with van der Waals surface area (Å²) >= 11 is 0. The van der Waals surface area contributed by atoms with Crippen molar-refractivity contribution in [2.75, 3.05) is 29.9 Å². The zero-order chi connectivity index (χ0) is 18.8. The molecular formula is C21H24ClN3O3. The molecule has 0 aliphatic carbocycles. The molecule has 2 aromatic carbocycles. The fraction of sp³-hybridized carbons (Fsp3) is 0.333. The van der Waals surface area contributed by atoms with E-state index in [1.165, 1.54) is 5.56 Å². The highest BCUT2D eigenvalue weighted by Crippen LogP contribution is 2.29. The van der Waals surface area contributed by atoms with Crippen LogP contribution < -0.4 is 15.5 Å². The molecule has 7 heteroatoms. The Morgan fingerprint density at radius 1 is 1.18 bits per heavy atom. The molecule has 28 heavy (non-hydrogen) atoms. The predicted molar refractivity (Wildman–Crippen MR) is 111 cm³/mol. The normalized spacial score (nSPS) is 20.8. The van der Waals surface area contributed by atoms with Crippen molar-refractivity contribution in [2.45, 2.75) is 25.5 Å². The van der Waals surface area contributed by atoms with Crippen molar-refractivity contribution >= 4 is 35.6 Å². The highest BCUT2D eigenvalue weighted by molar-refractivity contribution is 6.08. The third-order valence-electron chi connectivity index (χ3n) is 5.11. The van der Waals surface area contributed by atoms with E-state index in [0.717, 1.165) is 12.1 Å². The summed E-state index contributed by atoms with van der Waals surface area (Å²) in [5.74, 6) is -0.207. The Bertz CT molecular complexity index is 873. The molecule has 2 amide bonds. The van der Waals surface area contributed by atoms with E-state index in [1.807, 2.05) is 25.1 Å². The van der Waals surface area contributed by atoms with Gasteiger partial charge in [-0.3, -0.25) is 9.59 Å². The molecule has 148 valence electrons. The second-order valence-electron chi connectivity index (χ2n) is 6.91. The Morgan fingerprint density at radius 2 is 2.00 bits per heavy atom. The Labute approximate surface area is 170 Å². The number of ether oxygens (including phenoxy) is 1. The van der Waals surface area contributed by atoms with Gasteiger partial charge in [-0.2, -0.15) is 0 Å². The molecule has 0 spiro atoms. The van der Waals surface area contributed by atoms with Crippen LogP contribution >= 0.6 is 12.4 Å². The molecule has 2 heterocycles. The topological polar surface area (TPSA) is 70.7 Å². The first-order chi connectivity index (χ1) is 13.1. The van der Waals surface area contributed by atoms with Crippen molar-refractivity contribution < 1.29 is 14.3 Å². The molecule has 0 radical (unpaired) electrons. The standard InChI is InChI=1S/C21H23N3O3.ClH/c1-14-19(22-10-12-27-14)20(25)23-17-7-4-6-16(13-17)21(26)24-11-9-15-5-2-3-8-18(15)24;/h2-8,13-14,19,22H,9-12H2,1H3,(H,23,25);1H/t14-,19+;/m1./s1. The average Bonchev–Trinajstić information content (AvgIpc) is 3.12. The van der Waals surface area contributed by atoms with Gasteiger partial charge in [0.25, 0.3) is 5.91 Å². The summed E-state index contributed by atoms with van der Waals surface area (Å²) in [6, 6.07) is 14.7. The number of carbonyl (C=O) groups excluding carboxylic acids is 2. The van der Waals surface area contributed by atoms with Crippen molar-refractivity contribution in [3.05, 3.63) is 59.7 Å². The lowest BCUT2D eigenvalue weighted by molar-refractivity contribution is -0.123. The van der Waals surface area contributed by atoms with Gasteiger partial charge in [-0.05, 0) is 43.2 Å². The van der Waals surface area contributed by atoms with Crippen molar-refractivity contribution in [1.29, 1.82) is 0 Å². The lowest BCUT2D eigenvalue weighted by atomic mass is 10.1. The Hall–Kier alpha value is -2.41. The first-order valence-corrected chi connectivity index (χ1v) is 9.29. The zero-order valence-corrected chi connectivity index (χ0v) is 16.5. The number of morpholine rings is 1. The van der Waals surface area contributed by atoms with Crippen molar-refractivity contribution in [2.24, 2.45) is 0 Å². The third kappa shape index (κ3) is 4.04. The SMILES string of the molecule is C[C@H]1OCCN[C@@H]1C(=O)Nc1cccc(C(=O)N2CCc3ccccc32)c1.Cl. The quantitative estimate of drug-likeness (QED) is 0.829. The number of benzene rings is 2. The van der Waals surface area contributed by atoms with Crippen LogP contribution in [0.25, 0.3) is 0 Å². The summed E-state index contributed by atoms with van der Waals surface area (Å²) in [5.41, 5.74) is 3.32. The number of para-hydroxylation sites is 1. The molecule has 2 aliphatic heterocycles. The summed E-state index contributed by atoms with van der Waals surface area (Å²) in [4.78, 5) is 27.3. The van der Waals surface area contributed by atoms with E-state index in [0.29, 0.717) is 30.9 Å². The minimum Gasteiger partial charge on any atom is -0.375 e. The molecule has 4 rings (SSSR count). The van der Waals surface area contributed by atoms with Gasteiger partial charge in [-0.25, -0.2) is 0 Å². The van der Waals surface area contributed by atoms with Crippen molar-refractivity contribution in [3.63, 3.8) is 0 Å². The molecule has 1 saturated heterocycles. The summed E-state index contributed by atoms with van der Waals surface area (Å²) < 4.78 is 5.53. The smallest absolute Gasteiger partial charge is 0.258 e. The number of hydrogen-bond donors (Lipinski definition) is 2. The second-order valence-corrected chi connectivity index (χ2v) is 6.91. The third-order valence-corrected chi connectivity index (χ3v) is 5.11. The molecule has 0 bridgehead atoms. The van der Waals surface area contributed by atoms with Gasteiger partial charge in [-0.1, -0.05) is 24.3 Å². The second kappa shape index (κ2) is 8.73. The first kappa shape index (κ1) is 20.3. The monoisotopic (exact) mass is 401 g/mol. The fourth-order valence-corrected chi connectivity index (χ4v) is 3.68. The van der Waals surface area contributed by atoms with Crippen molar-refractivity contribution in [3.8, 4) is 0 Å². The Balaban J connectivity index is 0.00000225. The maximum atomic E-state index is 13.0. The highest BCUT2D eigenvalue weighted by atomic mass is 35.5. The molecule has 2 N–H and O–H groups in total. The molecular weight excluding hydrogens is 378 g/mol. The van der Waals surface area contributed by atoms with Crippen molar-refractivity contribution in [1.82, 2.24) is 5.32 Å². The van der Waals surface area contributed by atoms with E-state index < -0.39 is 6.04 Å². The minimum absolute atomic E-state index is 0. The highest BCUT2D eigenvalue weighted by Gasteiger charge is 2.29. The molecule has 1 fully saturated rings. The van der Waals surface area contributed by atoms with E-state index >= 15 is 0 Å². The van der Waals surface area contributed by atoms with Crippen LogP contribution in [-0.2, 0) is 16.0 Å². The minimum atomic E-state index is -0.399. The maximum Gasteiger partial charge on any atom is 0.258 e. The molecule has 0 aromatic heterocycles. The number of rotatable bonds is 3. The van der Waals surface area contributed by atoms with E-state index in [-0.39, 0.29) is 30.3 Å². The molecule has 2 aliphatic rings. The Morgan fingerprint density at radius 3 is 2.82 bits per heavy atom. The van der Waals surface area contributed by atoms with Gasteiger partial charge < -0.3 is 20.3 Å². The van der Waals surface area contributed by atoms with Crippen LogP contribution in [0.2, 0.25) is 0 Å². The molecule has 6 nitrogen and oxygen atoms in total. The molecule has 2 aromatic rings. The first-order valence-electron chi connectivity index (χ1n) is 9.29. The number of fused-ring (bicyclic) bond motifs is 1. The van der Waals surface area contributed by atoms with Crippen LogP contribution in [0.15, 0.2) is 48.5 Å². The number of halogens is 1. The molecule has 0 unspecified atom stereocenters. The van der Waals surface area contributed by atoms with E-state index in [1.54, 1.807) is 29.2 Å². The van der Waals surface area contributed by atoms with Gasteiger partial charge in [-0.15, -0.1) is 12.4 Å². The average molecular weight is 402 g/mol. The van der Waals surface area contributed by atoms with Crippen LogP contribution in [0.5, 0.6) is 0 Å². The van der Waals surface area contributed by atoms with Gasteiger partial charge in [0.05, 0.1) is 12.7 Å². The summed E-state index contributed by atoms with van der Waals surface area (Å²) in [5, 5.41) is 6.06. The summed E-state index contributed by atoms with van der Waals surface area (Å²) in [6.45, 7) is 3.80. The van der Waals surface area contributed by atoms with E-state index in [2.05, 4.69) is 16.7 Å². The van der Waals surface area contributed by atoms with Gasteiger partial charge in [0.1, 0.15) is 6.04 Å². The van der Waals surface area contributed by atoms with E-state index in [9.17, 15) is 9.59 Å². The lowest BCUT2D eigenvalue weighted by Crippen LogP contribution is -2.53. The number of anilines is 2. The van der Waals surface area contributed by atoms with Gasteiger partial charge in [0, 0.05) is 30.0 Å². The maximum absolute atomic E-state index is 13.0. The number of nitrogens with zero attached hydrogens (tertiary/aromatic N) is 1. The number of carbonyl (C=O) groups is 2. The van der Waals surface area contributed by atoms with Crippen LogP contribution in [-0.4, -0.2) is 43.7 Å². The Kier molecular flexibility index (Phi) is 6.34.